The van der Waals surface area contributed by atoms with Gasteiger partial charge in [0.1, 0.15) is 12.6 Å². The van der Waals surface area contributed by atoms with E-state index in [-0.39, 0.29) is 35.4 Å². The van der Waals surface area contributed by atoms with Crippen LogP contribution in [0.25, 0.3) is 5.65 Å². The number of aromatic nitrogens is 4. The SMILES string of the molecule is O=C(NC[C@H]1[C@H]2CN(C(=O)c3cocn3)C[C@]23CC[C@H]1O3)c1ccc2ncnn2c1. The fourth-order valence-corrected chi connectivity index (χ4v) is 5.36. The van der Waals surface area contributed by atoms with Crippen molar-refractivity contribution in [1.29, 1.82) is 0 Å². The summed E-state index contributed by atoms with van der Waals surface area (Å²) in [7, 11) is 0. The van der Waals surface area contributed by atoms with Gasteiger partial charge in [-0.3, -0.25) is 9.59 Å². The lowest BCUT2D eigenvalue weighted by atomic mass is 9.73. The second-order valence-corrected chi connectivity index (χ2v) is 8.28. The zero-order chi connectivity index (χ0) is 20.3. The monoisotopic (exact) mass is 408 g/mol. The Morgan fingerprint density at radius 1 is 1.30 bits per heavy atom. The van der Waals surface area contributed by atoms with Gasteiger partial charge >= 0.3 is 0 Å². The molecular formula is C20H20N6O4. The van der Waals surface area contributed by atoms with Crippen molar-refractivity contribution >= 4 is 17.5 Å². The van der Waals surface area contributed by atoms with Crippen LogP contribution in [0.1, 0.15) is 33.7 Å². The number of oxazole rings is 1. The van der Waals surface area contributed by atoms with Gasteiger partial charge in [-0.2, -0.15) is 5.10 Å². The lowest BCUT2D eigenvalue weighted by Gasteiger charge is -2.29. The molecule has 10 heteroatoms. The molecule has 3 aliphatic rings. The summed E-state index contributed by atoms with van der Waals surface area (Å²) in [5, 5.41) is 7.13. The van der Waals surface area contributed by atoms with Gasteiger partial charge in [-0.1, -0.05) is 0 Å². The minimum atomic E-state index is -0.306. The van der Waals surface area contributed by atoms with E-state index in [4.69, 9.17) is 9.15 Å². The van der Waals surface area contributed by atoms with E-state index in [1.807, 2.05) is 0 Å². The number of hydrogen-bond donors (Lipinski definition) is 1. The molecule has 1 N–H and O–H groups in total. The van der Waals surface area contributed by atoms with Crippen LogP contribution in [0.3, 0.4) is 0 Å². The van der Waals surface area contributed by atoms with Crippen LogP contribution in [0, 0.1) is 11.8 Å². The van der Waals surface area contributed by atoms with E-state index < -0.39 is 0 Å². The highest BCUT2D eigenvalue weighted by Gasteiger charge is 2.63. The van der Waals surface area contributed by atoms with E-state index in [1.165, 1.54) is 19.0 Å². The first kappa shape index (κ1) is 17.6. The van der Waals surface area contributed by atoms with Gasteiger partial charge in [-0.05, 0) is 25.0 Å². The Hall–Kier alpha value is -3.27. The first-order valence-corrected chi connectivity index (χ1v) is 10.1. The van der Waals surface area contributed by atoms with Crippen LogP contribution >= 0.6 is 0 Å². The van der Waals surface area contributed by atoms with Crippen molar-refractivity contribution in [3.8, 4) is 0 Å². The third kappa shape index (κ3) is 2.56. The van der Waals surface area contributed by atoms with Gasteiger partial charge in [0, 0.05) is 31.1 Å². The number of rotatable bonds is 4. The molecule has 0 aliphatic carbocycles. The molecule has 3 aliphatic heterocycles. The molecule has 10 nitrogen and oxygen atoms in total. The van der Waals surface area contributed by atoms with Crippen molar-refractivity contribution in [2.24, 2.45) is 11.8 Å². The average molecular weight is 408 g/mol. The van der Waals surface area contributed by atoms with Crippen LogP contribution in [0.15, 0.2) is 41.7 Å². The third-order valence-corrected chi connectivity index (χ3v) is 6.76. The molecule has 0 aromatic carbocycles. The number of pyridine rings is 1. The molecule has 3 aromatic heterocycles. The lowest BCUT2D eigenvalue weighted by Crippen LogP contribution is -2.41. The average Bonchev–Trinajstić information content (AvgIpc) is 3.56. The van der Waals surface area contributed by atoms with Crippen molar-refractivity contribution in [2.75, 3.05) is 19.6 Å². The van der Waals surface area contributed by atoms with E-state index in [0.717, 1.165) is 12.8 Å². The standard InChI is InChI=1S/C20H20N6O4/c27-18(12-1-2-17-22-10-24-26(17)6-12)21-5-13-14-7-25(19(28)15-8-29-11-23-15)9-20(14)4-3-16(13)30-20/h1-2,6,8,10-11,13-14,16H,3-5,7,9H2,(H,21,27)/t13-,14+,16+,20+/m0/s1. The molecular weight excluding hydrogens is 388 g/mol. The lowest BCUT2D eigenvalue weighted by molar-refractivity contribution is 0.00311. The topological polar surface area (TPSA) is 115 Å². The first-order chi connectivity index (χ1) is 14.6. The summed E-state index contributed by atoms with van der Waals surface area (Å²) in [6.07, 6.45) is 7.78. The molecule has 2 amide bonds. The van der Waals surface area contributed by atoms with Crippen LogP contribution < -0.4 is 5.32 Å². The zero-order valence-corrected chi connectivity index (χ0v) is 16.1. The Bertz CT molecular complexity index is 1130. The first-order valence-electron chi connectivity index (χ1n) is 10.1. The highest BCUT2D eigenvalue weighted by molar-refractivity contribution is 5.94. The molecule has 3 saturated heterocycles. The maximum atomic E-state index is 12.7. The van der Waals surface area contributed by atoms with E-state index in [9.17, 15) is 9.59 Å². The summed E-state index contributed by atoms with van der Waals surface area (Å²) in [5.41, 5.74) is 1.23. The van der Waals surface area contributed by atoms with Crippen LogP contribution in [0.4, 0.5) is 0 Å². The summed E-state index contributed by atoms with van der Waals surface area (Å²) < 4.78 is 12.9. The number of carbonyl (C=O) groups excluding carboxylic acids is 2. The second kappa shape index (κ2) is 6.36. The minimum Gasteiger partial charge on any atom is -0.451 e. The van der Waals surface area contributed by atoms with Gasteiger partial charge in [0.15, 0.2) is 17.7 Å². The number of hydrogen-bond acceptors (Lipinski definition) is 7. The van der Waals surface area contributed by atoms with Gasteiger partial charge in [0.25, 0.3) is 11.8 Å². The van der Waals surface area contributed by atoms with Crippen LogP contribution in [-0.2, 0) is 4.74 Å². The second-order valence-electron chi connectivity index (χ2n) is 8.28. The summed E-state index contributed by atoms with van der Waals surface area (Å²) in [5.74, 6) is 0.0827. The summed E-state index contributed by atoms with van der Waals surface area (Å²) in [6.45, 7) is 1.68. The maximum absolute atomic E-state index is 12.7. The number of nitrogens with zero attached hydrogens (tertiary/aromatic N) is 5. The highest BCUT2D eigenvalue weighted by atomic mass is 16.5. The van der Waals surface area contributed by atoms with Crippen molar-refractivity contribution in [2.45, 2.75) is 24.5 Å². The number of nitrogens with one attached hydrogen (secondary N) is 1. The Labute approximate surface area is 171 Å². The third-order valence-electron chi connectivity index (χ3n) is 6.76. The predicted molar refractivity (Wildman–Crippen MR) is 102 cm³/mol. The van der Waals surface area contributed by atoms with Gasteiger partial charge < -0.3 is 19.4 Å². The number of ether oxygens (including phenoxy) is 1. The molecule has 30 heavy (non-hydrogen) atoms. The maximum Gasteiger partial charge on any atom is 0.275 e. The molecule has 3 fully saturated rings. The van der Waals surface area contributed by atoms with Gasteiger partial charge in [0.2, 0.25) is 0 Å². The Morgan fingerprint density at radius 3 is 3.10 bits per heavy atom. The summed E-state index contributed by atoms with van der Waals surface area (Å²) in [4.78, 5) is 35.3. The van der Waals surface area contributed by atoms with E-state index in [0.29, 0.717) is 36.5 Å². The summed E-state index contributed by atoms with van der Waals surface area (Å²) in [6, 6.07) is 3.51. The number of amides is 2. The molecule has 0 unspecified atom stereocenters. The normalized spacial score (nSPS) is 29.5. The van der Waals surface area contributed by atoms with Crippen molar-refractivity contribution in [3.63, 3.8) is 0 Å². The van der Waals surface area contributed by atoms with Crippen molar-refractivity contribution in [1.82, 2.24) is 29.8 Å². The molecule has 154 valence electrons. The number of likely N-dealkylation sites (tertiary alicyclic amines) is 1. The van der Waals surface area contributed by atoms with E-state index in [1.54, 1.807) is 27.7 Å². The van der Waals surface area contributed by atoms with Gasteiger partial charge in [-0.15, -0.1) is 0 Å². The van der Waals surface area contributed by atoms with Crippen LogP contribution in [-0.4, -0.2) is 67.6 Å². The largest absolute Gasteiger partial charge is 0.451 e. The molecule has 6 heterocycles. The highest BCUT2D eigenvalue weighted by Crippen LogP contribution is 2.54. The Balaban J connectivity index is 1.16. The molecule has 2 bridgehead atoms. The molecule has 3 aromatic rings. The Morgan fingerprint density at radius 2 is 2.23 bits per heavy atom. The van der Waals surface area contributed by atoms with Crippen molar-refractivity contribution in [3.05, 3.63) is 48.6 Å². The van der Waals surface area contributed by atoms with Gasteiger partial charge in [-0.25, -0.2) is 14.5 Å². The fraction of sp³-hybridized carbons (Fsp3) is 0.450. The molecule has 0 radical (unpaired) electrons. The Kier molecular flexibility index (Phi) is 3.73. The predicted octanol–water partition coefficient (Wildman–Crippen LogP) is 0.767. The van der Waals surface area contributed by atoms with E-state index >= 15 is 0 Å². The molecule has 6 rings (SSSR count). The van der Waals surface area contributed by atoms with Crippen LogP contribution in [0.5, 0.6) is 0 Å². The smallest absolute Gasteiger partial charge is 0.275 e. The summed E-state index contributed by atoms with van der Waals surface area (Å²) >= 11 is 0. The fourth-order valence-electron chi connectivity index (χ4n) is 5.36. The molecule has 1 spiro atoms. The van der Waals surface area contributed by atoms with Crippen LogP contribution in [0.2, 0.25) is 0 Å². The van der Waals surface area contributed by atoms with E-state index in [2.05, 4.69) is 20.4 Å². The van der Waals surface area contributed by atoms with Gasteiger partial charge in [0.05, 0.1) is 23.8 Å². The quantitative estimate of drug-likeness (QED) is 0.678. The number of fused-ring (bicyclic) bond motifs is 2. The molecule has 4 atom stereocenters. The molecule has 0 saturated carbocycles. The zero-order valence-electron chi connectivity index (χ0n) is 16.1. The van der Waals surface area contributed by atoms with Crippen molar-refractivity contribution < 1.29 is 18.7 Å². The minimum absolute atomic E-state index is 0.123. The number of carbonyl (C=O) groups is 2.